The Balaban J connectivity index is 2.88. The van der Waals surface area contributed by atoms with Crippen molar-refractivity contribution in [3.05, 3.63) is 64.7 Å². The summed E-state index contributed by atoms with van der Waals surface area (Å²) in [6, 6.07) is 6.61. The number of benzene rings is 2. The largest absolute Gasteiger partial charge is 0.508 e. The molecule has 0 aliphatic rings. The van der Waals surface area contributed by atoms with Gasteiger partial charge in [-0.05, 0) is 35.4 Å². The van der Waals surface area contributed by atoms with Gasteiger partial charge in [0.2, 0.25) is 5.41 Å². The van der Waals surface area contributed by atoms with Gasteiger partial charge in [0.05, 0.1) is 11.1 Å². The molecule has 0 aliphatic heterocycles. The molecule has 0 aliphatic carbocycles. The Labute approximate surface area is 145 Å². The summed E-state index contributed by atoms with van der Waals surface area (Å²) >= 11 is 0. The summed E-state index contributed by atoms with van der Waals surface area (Å²) in [5.74, 6) is -7.17. The first-order valence-corrected chi connectivity index (χ1v) is 6.99. The first-order valence-electron chi connectivity index (χ1n) is 6.99. The molecule has 0 unspecified atom stereocenters. The van der Waals surface area contributed by atoms with E-state index in [2.05, 4.69) is 0 Å². The smallest absolute Gasteiger partial charge is 0.336 e. The van der Waals surface area contributed by atoms with Crippen molar-refractivity contribution in [1.82, 2.24) is 0 Å². The zero-order valence-corrected chi connectivity index (χ0v) is 12.9. The van der Waals surface area contributed by atoms with Gasteiger partial charge < -0.3 is 25.5 Å². The van der Waals surface area contributed by atoms with E-state index < -0.39 is 46.2 Å². The van der Waals surface area contributed by atoms with Crippen LogP contribution in [0.1, 0.15) is 31.8 Å². The predicted octanol–water partition coefficient (Wildman–Crippen LogP) is 1.24. The average Bonchev–Trinajstić information content (AvgIpc) is 2.56. The van der Waals surface area contributed by atoms with Crippen LogP contribution >= 0.6 is 0 Å². The number of hydrogen-bond acceptors (Lipinski definition) is 5. The highest BCUT2D eigenvalue weighted by atomic mass is 16.4. The number of aromatic carboxylic acids is 2. The van der Waals surface area contributed by atoms with Gasteiger partial charge in [0, 0.05) is 0 Å². The van der Waals surface area contributed by atoms with Crippen LogP contribution in [-0.2, 0) is 15.0 Å². The first-order chi connectivity index (χ1) is 12.1. The maximum Gasteiger partial charge on any atom is 0.336 e. The minimum absolute atomic E-state index is 0.206. The van der Waals surface area contributed by atoms with E-state index in [4.69, 9.17) is 5.11 Å². The maximum atomic E-state index is 12.0. The molecular formula is C17H12O9. The zero-order valence-electron chi connectivity index (χ0n) is 12.9. The van der Waals surface area contributed by atoms with Crippen molar-refractivity contribution in [3.63, 3.8) is 0 Å². The fourth-order valence-corrected chi connectivity index (χ4v) is 2.62. The molecule has 0 bridgehead atoms. The summed E-state index contributed by atoms with van der Waals surface area (Å²) in [5.41, 5.74) is -4.68. The number of carboxylic acids is 4. The molecule has 0 atom stereocenters. The molecule has 0 spiro atoms. The molecule has 0 radical (unpaired) electrons. The maximum absolute atomic E-state index is 12.0. The number of aliphatic carboxylic acids is 2. The lowest BCUT2D eigenvalue weighted by Crippen LogP contribution is -2.46. The van der Waals surface area contributed by atoms with Crippen LogP contribution in [0.15, 0.2) is 42.5 Å². The lowest BCUT2D eigenvalue weighted by atomic mass is 9.72. The summed E-state index contributed by atoms with van der Waals surface area (Å²) in [6.07, 6.45) is 0. The third kappa shape index (κ3) is 2.81. The van der Waals surface area contributed by atoms with Crippen molar-refractivity contribution in [3.8, 4) is 5.75 Å². The summed E-state index contributed by atoms with van der Waals surface area (Å²) in [6.45, 7) is 0. The molecule has 0 amide bonds. The van der Waals surface area contributed by atoms with Crippen LogP contribution in [0.2, 0.25) is 0 Å². The van der Waals surface area contributed by atoms with E-state index in [1.807, 2.05) is 0 Å². The number of carboxylic acid groups (broad SMARTS) is 4. The summed E-state index contributed by atoms with van der Waals surface area (Å²) < 4.78 is 0. The Bertz CT molecular complexity index is 898. The van der Waals surface area contributed by atoms with Crippen LogP contribution in [0.25, 0.3) is 0 Å². The van der Waals surface area contributed by atoms with E-state index in [0.29, 0.717) is 0 Å². The fourth-order valence-electron chi connectivity index (χ4n) is 2.62. The molecule has 0 aromatic heterocycles. The molecule has 0 saturated heterocycles. The number of rotatable bonds is 6. The van der Waals surface area contributed by atoms with Crippen molar-refractivity contribution in [1.29, 1.82) is 0 Å². The number of phenols is 1. The number of carbonyl (C=O) groups is 4. The summed E-state index contributed by atoms with van der Waals surface area (Å²) in [5, 5.41) is 47.1. The monoisotopic (exact) mass is 360 g/mol. The van der Waals surface area contributed by atoms with E-state index in [0.717, 1.165) is 42.5 Å². The van der Waals surface area contributed by atoms with Crippen LogP contribution in [-0.4, -0.2) is 49.4 Å². The lowest BCUT2D eigenvalue weighted by Gasteiger charge is -2.27. The normalized spacial score (nSPS) is 10.9. The highest BCUT2D eigenvalue weighted by molar-refractivity contribution is 6.11. The van der Waals surface area contributed by atoms with Gasteiger partial charge in [0.1, 0.15) is 5.75 Å². The van der Waals surface area contributed by atoms with Crippen LogP contribution in [0, 0.1) is 0 Å². The van der Waals surface area contributed by atoms with Gasteiger partial charge in [-0.25, -0.2) is 9.59 Å². The molecule has 26 heavy (non-hydrogen) atoms. The predicted molar refractivity (Wildman–Crippen MR) is 84.5 cm³/mol. The van der Waals surface area contributed by atoms with E-state index >= 15 is 0 Å². The highest BCUT2D eigenvalue weighted by Crippen LogP contribution is 2.37. The van der Waals surface area contributed by atoms with Crippen molar-refractivity contribution in [2.45, 2.75) is 5.41 Å². The number of aromatic hydroxyl groups is 1. The third-order valence-electron chi connectivity index (χ3n) is 3.84. The van der Waals surface area contributed by atoms with E-state index in [1.165, 1.54) is 0 Å². The summed E-state index contributed by atoms with van der Waals surface area (Å²) in [4.78, 5) is 46.4. The molecule has 5 N–H and O–H groups in total. The van der Waals surface area contributed by atoms with E-state index in [9.17, 15) is 39.6 Å². The van der Waals surface area contributed by atoms with Gasteiger partial charge in [0.25, 0.3) is 0 Å². The van der Waals surface area contributed by atoms with Crippen molar-refractivity contribution >= 4 is 23.9 Å². The number of hydrogen-bond donors (Lipinski definition) is 5. The van der Waals surface area contributed by atoms with Crippen molar-refractivity contribution in [2.24, 2.45) is 0 Å². The zero-order chi connectivity index (χ0) is 19.6. The first kappa shape index (κ1) is 18.5. The Kier molecular flexibility index (Phi) is 4.65. The van der Waals surface area contributed by atoms with Gasteiger partial charge in [0.15, 0.2) is 0 Å². The second kappa shape index (κ2) is 6.55. The molecule has 0 fully saturated rings. The SMILES string of the molecule is O=C(O)c1ccc(C(C(=O)O)(C(=O)O)c2ccc(O)cc2C(=O)O)cc1. The van der Waals surface area contributed by atoms with Crippen LogP contribution in [0.4, 0.5) is 0 Å². The molecule has 134 valence electrons. The topological polar surface area (TPSA) is 169 Å². The quantitative estimate of drug-likeness (QED) is 0.476. The van der Waals surface area contributed by atoms with Gasteiger partial charge in [-0.1, -0.05) is 18.2 Å². The second-order valence-electron chi connectivity index (χ2n) is 5.28. The molecule has 2 aromatic carbocycles. The lowest BCUT2D eigenvalue weighted by molar-refractivity contribution is -0.155. The molecule has 2 rings (SSSR count). The Morgan fingerprint density at radius 1 is 0.731 bits per heavy atom. The van der Waals surface area contributed by atoms with Crippen molar-refractivity contribution in [2.75, 3.05) is 0 Å². The van der Waals surface area contributed by atoms with Gasteiger partial charge >= 0.3 is 23.9 Å². The van der Waals surface area contributed by atoms with E-state index in [-0.39, 0.29) is 11.1 Å². The molecule has 9 nitrogen and oxygen atoms in total. The molecule has 0 saturated carbocycles. The standard InChI is InChI=1S/C17H12O9/c18-10-5-6-12(11(7-10)14(21)22)17(15(23)24,16(25)26)9-3-1-8(2-4-9)13(19)20/h1-7,18H,(H,19,20)(H,21,22)(H,23,24)(H,25,26). The second-order valence-corrected chi connectivity index (χ2v) is 5.28. The van der Waals surface area contributed by atoms with Crippen LogP contribution < -0.4 is 0 Å². The highest BCUT2D eigenvalue weighted by Gasteiger charge is 2.52. The van der Waals surface area contributed by atoms with Gasteiger partial charge in [-0.15, -0.1) is 0 Å². The van der Waals surface area contributed by atoms with Crippen molar-refractivity contribution < 1.29 is 44.7 Å². The van der Waals surface area contributed by atoms with Crippen LogP contribution in [0.3, 0.4) is 0 Å². The Morgan fingerprint density at radius 2 is 1.27 bits per heavy atom. The van der Waals surface area contributed by atoms with Crippen LogP contribution in [0.5, 0.6) is 5.75 Å². The van der Waals surface area contributed by atoms with Gasteiger partial charge in [-0.2, -0.15) is 0 Å². The molecular weight excluding hydrogens is 348 g/mol. The molecule has 2 aromatic rings. The Morgan fingerprint density at radius 3 is 1.69 bits per heavy atom. The van der Waals surface area contributed by atoms with E-state index in [1.54, 1.807) is 0 Å². The fraction of sp³-hybridized carbons (Fsp3) is 0.0588. The Hall–Kier alpha value is -3.88. The number of phenolic OH excluding ortho intramolecular Hbond substituents is 1. The minimum Gasteiger partial charge on any atom is -0.508 e. The average molecular weight is 360 g/mol. The minimum atomic E-state index is -2.82. The third-order valence-corrected chi connectivity index (χ3v) is 3.84. The molecule has 0 heterocycles. The van der Waals surface area contributed by atoms with Gasteiger partial charge in [-0.3, -0.25) is 9.59 Å². The summed E-state index contributed by atoms with van der Waals surface area (Å²) in [7, 11) is 0. The molecule has 9 heteroatoms.